The summed E-state index contributed by atoms with van der Waals surface area (Å²) in [4.78, 5) is 33.5. The van der Waals surface area contributed by atoms with Crippen LogP contribution in [0.15, 0.2) is 48.5 Å². The zero-order chi connectivity index (χ0) is 16.1. The van der Waals surface area contributed by atoms with Gasteiger partial charge in [-0.15, -0.1) is 0 Å². The standard InChI is InChI=1S/C16H15O5P/c1-11-7-3-5-9-13(11)15(17)20-22(19)21-16(18)14-10-6-4-8-12(14)2/h3-10,19H,1-2H3. The van der Waals surface area contributed by atoms with Gasteiger partial charge in [0.15, 0.2) is 0 Å². The fourth-order valence-electron chi connectivity index (χ4n) is 1.86. The molecular weight excluding hydrogens is 303 g/mol. The highest BCUT2D eigenvalue weighted by Crippen LogP contribution is 2.35. The Morgan fingerprint density at radius 3 is 1.55 bits per heavy atom. The van der Waals surface area contributed by atoms with E-state index in [-0.39, 0.29) is 0 Å². The normalized spacial score (nSPS) is 10.4. The number of carbonyl (C=O) groups excluding carboxylic acids is 2. The first-order valence-corrected chi connectivity index (χ1v) is 7.67. The minimum Gasteiger partial charge on any atom is -0.381 e. The third-order valence-electron chi connectivity index (χ3n) is 3.05. The van der Waals surface area contributed by atoms with Crippen LogP contribution < -0.4 is 0 Å². The minimum absolute atomic E-state index is 0.316. The van der Waals surface area contributed by atoms with Crippen molar-refractivity contribution in [3.8, 4) is 0 Å². The number of aryl methyl sites for hydroxylation is 2. The highest BCUT2D eigenvalue weighted by atomic mass is 31.2. The lowest BCUT2D eigenvalue weighted by Gasteiger charge is -2.11. The maximum atomic E-state index is 11.9. The van der Waals surface area contributed by atoms with Crippen LogP contribution in [0.2, 0.25) is 0 Å². The van der Waals surface area contributed by atoms with Gasteiger partial charge in [-0.1, -0.05) is 36.4 Å². The lowest BCUT2D eigenvalue weighted by Crippen LogP contribution is -2.08. The topological polar surface area (TPSA) is 72.8 Å². The van der Waals surface area contributed by atoms with Crippen molar-refractivity contribution in [2.45, 2.75) is 13.8 Å². The summed E-state index contributed by atoms with van der Waals surface area (Å²) in [5.41, 5.74) is 2.05. The molecule has 2 rings (SSSR count). The molecule has 0 saturated carbocycles. The second-order valence-electron chi connectivity index (χ2n) is 4.63. The molecule has 0 saturated heterocycles. The molecule has 0 atom stereocenters. The first-order valence-electron chi connectivity index (χ1n) is 6.54. The molecule has 2 aromatic carbocycles. The van der Waals surface area contributed by atoms with Gasteiger partial charge in [-0.2, -0.15) is 0 Å². The van der Waals surface area contributed by atoms with E-state index in [9.17, 15) is 14.5 Å². The van der Waals surface area contributed by atoms with Crippen LogP contribution in [0.5, 0.6) is 0 Å². The molecule has 114 valence electrons. The van der Waals surface area contributed by atoms with Gasteiger partial charge in [-0.05, 0) is 37.1 Å². The Morgan fingerprint density at radius 1 is 0.818 bits per heavy atom. The number of hydrogen-bond donors (Lipinski definition) is 1. The highest BCUT2D eigenvalue weighted by Gasteiger charge is 2.22. The summed E-state index contributed by atoms with van der Waals surface area (Å²) >= 11 is 0. The Balaban J connectivity index is 2.00. The van der Waals surface area contributed by atoms with Crippen LogP contribution in [0.3, 0.4) is 0 Å². The lowest BCUT2D eigenvalue weighted by atomic mass is 10.1. The molecule has 0 amide bonds. The van der Waals surface area contributed by atoms with Gasteiger partial charge >= 0.3 is 20.5 Å². The summed E-state index contributed by atoms with van der Waals surface area (Å²) in [7, 11) is -2.63. The van der Waals surface area contributed by atoms with Crippen molar-refractivity contribution in [1.29, 1.82) is 0 Å². The second-order valence-corrected chi connectivity index (χ2v) is 5.47. The van der Waals surface area contributed by atoms with E-state index in [4.69, 9.17) is 9.05 Å². The average molecular weight is 318 g/mol. The molecule has 0 fully saturated rings. The van der Waals surface area contributed by atoms with E-state index in [1.807, 2.05) is 0 Å². The quantitative estimate of drug-likeness (QED) is 0.873. The molecule has 22 heavy (non-hydrogen) atoms. The lowest BCUT2D eigenvalue weighted by molar-refractivity contribution is 0.0625. The van der Waals surface area contributed by atoms with Gasteiger partial charge in [0.1, 0.15) is 0 Å². The van der Waals surface area contributed by atoms with E-state index in [0.29, 0.717) is 22.3 Å². The molecule has 0 aliphatic carbocycles. The second kappa shape index (κ2) is 7.16. The summed E-state index contributed by atoms with van der Waals surface area (Å²) < 4.78 is 9.58. The zero-order valence-corrected chi connectivity index (χ0v) is 13.0. The third-order valence-corrected chi connectivity index (χ3v) is 3.70. The maximum Gasteiger partial charge on any atom is 0.465 e. The van der Waals surface area contributed by atoms with Gasteiger partial charge in [0.05, 0.1) is 11.1 Å². The first kappa shape index (κ1) is 16.1. The van der Waals surface area contributed by atoms with E-state index < -0.39 is 20.5 Å². The van der Waals surface area contributed by atoms with Gasteiger partial charge in [0.2, 0.25) is 0 Å². The van der Waals surface area contributed by atoms with Crippen molar-refractivity contribution in [3.63, 3.8) is 0 Å². The third kappa shape index (κ3) is 3.91. The molecule has 0 radical (unpaired) electrons. The van der Waals surface area contributed by atoms with Crippen molar-refractivity contribution in [1.82, 2.24) is 0 Å². The summed E-state index contributed by atoms with van der Waals surface area (Å²) in [6.45, 7) is 3.49. The minimum atomic E-state index is -2.63. The van der Waals surface area contributed by atoms with E-state index in [1.54, 1.807) is 62.4 Å². The highest BCUT2D eigenvalue weighted by molar-refractivity contribution is 7.41. The molecule has 0 bridgehead atoms. The fraction of sp³-hybridized carbons (Fsp3) is 0.125. The van der Waals surface area contributed by atoms with E-state index in [2.05, 4.69) is 0 Å². The Hall–Kier alpha value is -2.23. The van der Waals surface area contributed by atoms with E-state index in [1.165, 1.54) is 0 Å². The summed E-state index contributed by atoms with van der Waals surface area (Å²) in [5, 5.41) is 0. The molecular formula is C16H15O5P. The SMILES string of the molecule is Cc1ccccc1C(=O)OP(O)OC(=O)c1ccccc1C. The van der Waals surface area contributed by atoms with E-state index >= 15 is 0 Å². The number of hydrogen-bond acceptors (Lipinski definition) is 5. The van der Waals surface area contributed by atoms with Gasteiger partial charge in [0, 0.05) is 0 Å². The van der Waals surface area contributed by atoms with E-state index in [0.717, 1.165) is 0 Å². The molecule has 1 N–H and O–H groups in total. The molecule has 0 aliphatic heterocycles. The zero-order valence-electron chi connectivity index (χ0n) is 12.1. The van der Waals surface area contributed by atoms with Crippen LogP contribution >= 0.6 is 8.60 Å². The van der Waals surface area contributed by atoms with Crippen LogP contribution in [0.25, 0.3) is 0 Å². The van der Waals surface area contributed by atoms with Crippen molar-refractivity contribution in [3.05, 3.63) is 70.8 Å². The van der Waals surface area contributed by atoms with Crippen LogP contribution in [0.1, 0.15) is 31.8 Å². The Morgan fingerprint density at radius 2 is 1.18 bits per heavy atom. The number of rotatable bonds is 4. The van der Waals surface area contributed by atoms with Gasteiger partial charge in [-0.25, -0.2) is 9.59 Å². The number of carbonyl (C=O) groups is 2. The van der Waals surface area contributed by atoms with Crippen LogP contribution in [-0.2, 0) is 9.05 Å². The monoisotopic (exact) mass is 318 g/mol. The number of benzene rings is 2. The molecule has 0 spiro atoms. The van der Waals surface area contributed by atoms with Crippen molar-refractivity contribution in [2.24, 2.45) is 0 Å². The average Bonchev–Trinajstić information content (AvgIpc) is 2.47. The van der Waals surface area contributed by atoms with Gasteiger partial charge < -0.3 is 13.9 Å². The smallest absolute Gasteiger partial charge is 0.381 e. The first-order chi connectivity index (χ1) is 10.5. The molecule has 5 nitrogen and oxygen atoms in total. The fourth-order valence-corrected chi connectivity index (χ4v) is 2.38. The largest absolute Gasteiger partial charge is 0.465 e. The van der Waals surface area contributed by atoms with Crippen LogP contribution in [-0.4, -0.2) is 16.8 Å². The maximum absolute atomic E-state index is 11.9. The molecule has 0 unspecified atom stereocenters. The molecule has 2 aromatic rings. The predicted molar refractivity (Wildman–Crippen MR) is 82.3 cm³/mol. The van der Waals surface area contributed by atoms with Gasteiger partial charge in [-0.3, -0.25) is 0 Å². The Bertz CT molecular complexity index is 639. The molecule has 0 heterocycles. The molecule has 6 heteroatoms. The summed E-state index contributed by atoms with van der Waals surface area (Å²) in [5.74, 6) is -1.46. The van der Waals surface area contributed by atoms with Crippen molar-refractivity contribution >= 4 is 20.5 Å². The van der Waals surface area contributed by atoms with Gasteiger partial charge in [0.25, 0.3) is 0 Å². The molecule has 0 aliphatic rings. The molecule has 0 aromatic heterocycles. The van der Waals surface area contributed by atoms with Crippen LogP contribution in [0, 0.1) is 13.8 Å². The Kier molecular flexibility index (Phi) is 5.26. The van der Waals surface area contributed by atoms with Crippen molar-refractivity contribution in [2.75, 3.05) is 0 Å². The summed E-state index contributed by atoms with van der Waals surface area (Å²) in [6.07, 6.45) is 0. The Labute approximate surface area is 129 Å². The predicted octanol–water partition coefficient (Wildman–Crippen LogP) is 3.54. The van der Waals surface area contributed by atoms with Crippen molar-refractivity contribution < 1.29 is 23.5 Å². The van der Waals surface area contributed by atoms with Crippen LogP contribution in [0.4, 0.5) is 0 Å². The summed E-state index contributed by atoms with van der Waals surface area (Å²) in [6, 6.07) is 13.6.